The third kappa shape index (κ3) is 6.92. The number of nitrogens with one attached hydrogen (secondary N) is 1. The van der Waals surface area contributed by atoms with Crippen molar-refractivity contribution < 1.29 is 27.5 Å². The van der Waals surface area contributed by atoms with Crippen LogP contribution in [0.1, 0.15) is 39.3 Å². The fourth-order valence-electron chi connectivity index (χ4n) is 3.63. The van der Waals surface area contributed by atoms with Crippen molar-refractivity contribution in [3.8, 4) is 0 Å². The van der Waals surface area contributed by atoms with Crippen LogP contribution in [0.2, 0.25) is 0 Å². The number of nitrogens with zero attached hydrogens (tertiary/aromatic N) is 3. The maximum atomic E-state index is 12.9. The Balaban J connectivity index is 1.34. The number of rotatable bonds is 8. The first-order valence-electron chi connectivity index (χ1n) is 10.7. The summed E-state index contributed by atoms with van der Waals surface area (Å²) >= 11 is 0. The lowest BCUT2D eigenvalue weighted by molar-refractivity contribution is -0.137. The van der Waals surface area contributed by atoms with Gasteiger partial charge in [-0.3, -0.25) is 9.69 Å². The van der Waals surface area contributed by atoms with Crippen molar-refractivity contribution in [2.75, 3.05) is 51.3 Å². The Morgan fingerprint density at radius 1 is 1.09 bits per heavy atom. The normalized spacial score (nSPS) is 14.7. The minimum absolute atomic E-state index is 0.141. The van der Waals surface area contributed by atoms with E-state index < -0.39 is 17.7 Å². The molecule has 1 aliphatic heterocycles. The molecule has 2 aromatic rings. The average Bonchev–Trinajstić information content (AvgIpc) is 2.83. The summed E-state index contributed by atoms with van der Waals surface area (Å²) in [5.41, 5.74) is 0.483. The molecule has 0 bridgehead atoms. The molecule has 1 aromatic heterocycles. The maximum absolute atomic E-state index is 12.9. The molecule has 0 atom stereocenters. The van der Waals surface area contributed by atoms with Crippen LogP contribution in [0.25, 0.3) is 0 Å². The van der Waals surface area contributed by atoms with Gasteiger partial charge < -0.3 is 15.0 Å². The van der Waals surface area contributed by atoms with Crippen LogP contribution in [0.4, 0.5) is 18.9 Å². The first-order valence-corrected chi connectivity index (χ1v) is 10.7. The third-order valence-corrected chi connectivity index (χ3v) is 5.52. The minimum Gasteiger partial charge on any atom is -0.464 e. The zero-order chi connectivity index (χ0) is 23.8. The number of ether oxygens (including phenoxy) is 1. The molecule has 33 heavy (non-hydrogen) atoms. The number of amides is 1. The second kappa shape index (κ2) is 11.1. The van der Waals surface area contributed by atoms with Crippen LogP contribution in [-0.2, 0) is 10.9 Å². The van der Waals surface area contributed by atoms with Gasteiger partial charge in [0.2, 0.25) is 0 Å². The molecular weight excluding hydrogens is 437 g/mol. The van der Waals surface area contributed by atoms with Gasteiger partial charge in [0.1, 0.15) is 5.69 Å². The summed E-state index contributed by atoms with van der Waals surface area (Å²) in [7, 11) is 1.26. The zero-order valence-corrected chi connectivity index (χ0v) is 18.4. The highest BCUT2D eigenvalue weighted by Crippen LogP contribution is 2.31. The van der Waals surface area contributed by atoms with Gasteiger partial charge in [0.15, 0.2) is 0 Å². The number of esters is 1. The van der Waals surface area contributed by atoms with Gasteiger partial charge in [0.25, 0.3) is 5.91 Å². The number of hydrogen-bond acceptors (Lipinski definition) is 6. The van der Waals surface area contributed by atoms with E-state index in [2.05, 4.69) is 19.9 Å². The van der Waals surface area contributed by atoms with E-state index in [1.54, 1.807) is 6.07 Å². The molecule has 178 valence electrons. The van der Waals surface area contributed by atoms with Crippen molar-refractivity contribution in [1.29, 1.82) is 0 Å². The van der Waals surface area contributed by atoms with E-state index in [1.165, 1.54) is 37.6 Å². The molecule has 1 aromatic carbocycles. The Hall–Kier alpha value is -3.14. The molecule has 1 amide bonds. The van der Waals surface area contributed by atoms with E-state index >= 15 is 0 Å². The van der Waals surface area contributed by atoms with Crippen molar-refractivity contribution in [2.24, 2.45) is 0 Å². The van der Waals surface area contributed by atoms with E-state index in [-0.39, 0.29) is 11.6 Å². The summed E-state index contributed by atoms with van der Waals surface area (Å²) < 4.78 is 43.4. The summed E-state index contributed by atoms with van der Waals surface area (Å²) in [6, 6.07) is 8.43. The molecule has 0 aliphatic carbocycles. The Morgan fingerprint density at radius 2 is 1.85 bits per heavy atom. The lowest BCUT2D eigenvalue weighted by Gasteiger charge is -2.36. The first-order chi connectivity index (χ1) is 15.8. The number of carbonyl (C=O) groups is 2. The summed E-state index contributed by atoms with van der Waals surface area (Å²) in [5.74, 6) is -0.814. The molecule has 1 N–H and O–H groups in total. The van der Waals surface area contributed by atoms with Gasteiger partial charge in [-0.25, -0.2) is 9.78 Å². The summed E-state index contributed by atoms with van der Waals surface area (Å²) in [6.07, 6.45) is -1.31. The second-order valence-corrected chi connectivity index (χ2v) is 7.76. The Labute approximate surface area is 190 Å². The van der Waals surface area contributed by atoms with Crippen LogP contribution in [0.5, 0.6) is 0 Å². The van der Waals surface area contributed by atoms with Crippen LogP contribution >= 0.6 is 0 Å². The molecule has 7 nitrogen and oxygen atoms in total. The van der Waals surface area contributed by atoms with E-state index in [0.717, 1.165) is 38.5 Å². The number of halogens is 3. The molecule has 0 spiro atoms. The Morgan fingerprint density at radius 3 is 2.48 bits per heavy atom. The van der Waals surface area contributed by atoms with E-state index in [0.29, 0.717) is 30.9 Å². The van der Waals surface area contributed by atoms with E-state index in [9.17, 15) is 22.8 Å². The maximum Gasteiger partial charge on any atom is 0.416 e. The molecule has 0 saturated carbocycles. The Bertz CT molecular complexity index is 943. The van der Waals surface area contributed by atoms with Crippen LogP contribution in [0, 0.1) is 0 Å². The molecule has 2 heterocycles. The van der Waals surface area contributed by atoms with Crippen molar-refractivity contribution in [3.05, 3.63) is 59.4 Å². The predicted molar refractivity (Wildman–Crippen MR) is 117 cm³/mol. The van der Waals surface area contributed by atoms with Crippen molar-refractivity contribution >= 4 is 17.6 Å². The van der Waals surface area contributed by atoms with E-state index in [1.807, 2.05) is 4.90 Å². The molecule has 0 radical (unpaired) electrons. The quantitative estimate of drug-likeness (QED) is 0.478. The van der Waals surface area contributed by atoms with Crippen LogP contribution in [0.3, 0.4) is 0 Å². The molecule has 0 unspecified atom stereocenters. The number of methoxy groups -OCH3 is 1. The second-order valence-electron chi connectivity index (χ2n) is 7.76. The van der Waals surface area contributed by atoms with Gasteiger partial charge >= 0.3 is 12.1 Å². The highest BCUT2D eigenvalue weighted by molar-refractivity contribution is 5.95. The molecule has 10 heteroatoms. The largest absolute Gasteiger partial charge is 0.464 e. The van der Waals surface area contributed by atoms with Crippen LogP contribution in [0.15, 0.2) is 42.6 Å². The predicted octanol–water partition coefficient (Wildman–Crippen LogP) is 3.22. The number of piperazine rings is 1. The van der Waals surface area contributed by atoms with Gasteiger partial charge in [0, 0.05) is 44.6 Å². The zero-order valence-electron chi connectivity index (χ0n) is 18.4. The number of benzene rings is 1. The first kappa shape index (κ1) is 24.5. The molecule has 1 saturated heterocycles. The fourth-order valence-corrected chi connectivity index (χ4v) is 3.63. The standard InChI is InChI=1S/C23H27F3N4O3/c1-33-22(32)20-8-7-17(16-28-20)21(31)27-9-2-3-10-29-11-13-30(14-12-29)19-6-4-5-18(15-19)23(24,25)26/h4-8,15-16H,2-3,9-14H2,1H3,(H,27,31). The van der Waals surface area contributed by atoms with Crippen LogP contribution in [-0.4, -0.2) is 68.1 Å². The highest BCUT2D eigenvalue weighted by atomic mass is 19.4. The molecule has 1 fully saturated rings. The Kier molecular flexibility index (Phi) is 8.26. The SMILES string of the molecule is COC(=O)c1ccc(C(=O)NCCCCN2CCN(c3cccc(C(F)(F)F)c3)CC2)cn1. The average molecular weight is 464 g/mol. The van der Waals surface area contributed by atoms with Crippen LogP contribution < -0.4 is 10.2 Å². The molecule has 1 aliphatic rings. The number of anilines is 1. The number of aromatic nitrogens is 1. The summed E-state index contributed by atoms with van der Waals surface area (Å²) in [6.45, 7) is 4.28. The number of alkyl halides is 3. The lowest BCUT2D eigenvalue weighted by atomic mass is 10.1. The topological polar surface area (TPSA) is 74.8 Å². The highest BCUT2D eigenvalue weighted by Gasteiger charge is 2.31. The number of unbranched alkanes of at least 4 members (excludes halogenated alkanes) is 1. The third-order valence-electron chi connectivity index (χ3n) is 5.52. The number of carbonyl (C=O) groups excluding carboxylic acids is 2. The minimum atomic E-state index is -4.34. The molecular formula is C23H27F3N4O3. The lowest BCUT2D eigenvalue weighted by Crippen LogP contribution is -2.46. The molecule has 3 rings (SSSR count). The van der Waals surface area contributed by atoms with Gasteiger partial charge in [-0.2, -0.15) is 13.2 Å². The summed E-state index contributed by atoms with van der Waals surface area (Å²) in [5, 5.41) is 2.83. The van der Waals surface area contributed by atoms with Gasteiger partial charge in [-0.05, 0) is 49.7 Å². The van der Waals surface area contributed by atoms with E-state index in [4.69, 9.17) is 0 Å². The van der Waals surface area contributed by atoms with Crippen molar-refractivity contribution in [2.45, 2.75) is 19.0 Å². The smallest absolute Gasteiger partial charge is 0.416 e. The van der Waals surface area contributed by atoms with Gasteiger partial charge in [-0.15, -0.1) is 0 Å². The van der Waals surface area contributed by atoms with Gasteiger partial charge in [-0.1, -0.05) is 6.07 Å². The van der Waals surface area contributed by atoms with Crippen molar-refractivity contribution in [1.82, 2.24) is 15.2 Å². The summed E-state index contributed by atoms with van der Waals surface area (Å²) in [4.78, 5) is 31.7. The number of hydrogen-bond donors (Lipinski definition) is 1. The van der Waals surface area contributed by atoms with Gasteiger partial charge in [0.05, 0.1) is 18.2 Å². The fraction of sp³-hybridized carbons (Fsp3) is 0.435. The monoisotopic (exact) mass is 464 g/mol. The van der Waals surface area contributed by atoms with Crippen molar-refractivity contribution in [3.63, 3.8) is 0 Å². The number of pyridine rings is 1.